The monoisotopic (exact) mass is 363 g/mol. The highest BCUT2D eigenvalue weighted by atomic mass is 16.5. The van der Waals surface area contributed by atoms with Crippen LogP contribution in [0.1, 0.15) is 50.3 Å². The first-order valence-electron chi connectivity index (χ1n) is 9.39. The Morgan fingerprint density at radius 2 is 1.74 bits per heavy atom. The van der Waals surface area contributed by atoms with Crippen molar-refractivity contribution in [2.45, 2.75) is 52.2 Å². The third-order valence-electron chi connectivity index (χ3n) is 4.15. The van der Waals surface area contributed by atoms with Crippen molar-refractivity contribution in [3.8, 4) is 17.9 Å². The van der Waals surface area contributed by atoms with E-state index in [2.05, 4.69) is 39.3 Å². The maximum absolute atomic E-state index is 11.8. The highest BCUT2D eigenvalue weighted by Gasteiger charge is 2.30. The van der Waals surface area contributed by atoms with Crippen LogP contribution in [0.2, 0.25) is 0 Å². The van der Waals surface area contributed by atoms with Gasteiger partial charge in [0, 0.05) is 29.9 Å². The molecule has 1 aromatic heterocycles. The quantitative estimate of drug-likeness (QED) is 0.801. The summed E-state index contributed by atoms with van der Waals surface area (Å²) in [7, 11) is 0. The van der Waals surface area contributed by atoms with Crippen molar-refractivity contribution in [2.75, 3.05) is 0 Å². The van der Waals surface area contributed by atoms with Crippen molar-refractivity contribution in [1.29, 1.82) is 0 Å². The average molecular weight is 363 g/mol. The summed E-state index contributed by atoms with van der Waals surface area (Å²) < 4.78 is 5.42. The predicted molar refractivity (Wildman–Crippen MR) is 104 cm³/mol. The van der Waals surface area contributed by atoms with Crippen LogP contribution in [-0.2, 0) is 11.2 Å². The molecule has 5 heteroatoms. The molecule has 0 bridgehead atoms. The number of carbonyl (C=O) groups is 1. The second kappa shape index (κ2) is 8.68. The van der Waals surface area contributed by atoms with Gasteiger partial charge in [-0.05, 0) is 57.7 Å². The van der Waals surface area contributed by atoms with E-state index in [0.717, 1.165) is 30.4 Å². The summed E-state index contributed by atoms with van der Waals surface area (Å²) in [6.07, 6.45) is 6.25. The molecule has 5 nitrogen and oxygen atoms in total. The largest absolute Gasteiger partial charge is 0.461 e. The van der Waals surface area contributed by atoms with E-state index < -0.39 is 0 Å². The Hall–Kier alpha value is -2.87. The van der Waals surface area contributed by atoms with Gasteiger partial charge in [0.1, 0.15) is 0 Å². The fourth-order valence-electron chi connectivity index (χ4n) is 2.63. The topological polar surface area (TPSA) is 64.1 Å². The van der Waals surface area contributed by atoms with Gasteiger partial charge in [-0.2, -0.15) is 0 Å². The molecule has 1 N–H and O–H groups in total. The van der Waals surface area contributed by atoms with Crippen LogP contribution in [0.3, 0.4) is 0 Å². The summed E-state index contributed by atoms with van der Waals surface area (Å²) in [5, 5.41) is 3.08. The van der Waals surface area contributed by atoms with Crippen molar-refractivity contribution in [3.05, 3.63) is 53.3 Å². The zero-order chi connectivity index (χ0) is 19.2. The smallest absolute Gasteiger partial charge is 0.316 e. The van der Waals surface area contributed by atoms with Gasteiger partial charge < -0.3 is 10.1 Å². The Morgan fingerprint density at radius 3 is 2.33 bits per heavy atom. The molecule has 0 spiro atoms. The number of benzene rings is 1. The minimum absolute atomic E-state index is 0.0465. The molecular formula is C22H25N3O2. The maximum Gasteiger partial charge on any atom is 0.316 e. The molecule has 1 amide bonds. The Bertz CT molecular complexity index is 829. The van der Waals surface area contributed by atoms with Gasteiger partial charge in [-0.15, -0.1) is 0 Å². The molecule has 0 saturated heterocycles. The van der Waals surface area contributed by atoms with E-state index in [0.29, 0.717) is 6.01 Å². The molecule has 1 saturated carbocycles. The minimum Gasteiger partial charge on any atom is -0.461 e. The number of nitrogens with zero attached hydrogens (tertiary/aromatic N) is 2. The van der Waals surface area contributed by atoms with E-state index in [1.54, 1.807) is 12.4 Å². The van der Waals surface area contributed by atoms with E-state index in [4.69, 9.17) is 4.74 Å². The zero-order valence-corrected chi connectivity index (χ0v) is 16.0. The van der Waals surface area contributed by atoms with Gasteiger partial charge in [0.05, 0.1) is 11.7 Å². The van der Waals surface area contributed by atoms with Crippen LogP contribution in [0, 0.1) is 17.8 Å². The highest BCUT2D eigenvalue weighted by molar-refractivity contribution is 5.81. The molecule has 0 radical (unpaired) electrons. The van der Waals surface area contributed by atoms with Gasteiger partial charge in [0.25, 0.3) is 0 Å². The SMILES string of the molecule is CC(Cc1ccc(C#Cc2cnc(OC(C)C)nc2)cc1)NC(=O)C1CC1. The van der Waals surface area contributed by atoms with Gasteiger partial charge >= 0.3 is 6.01 Å². The van der Waals surface area contributed by atoms with Gasteiger partial charge in [-0.1, -0.05) is 24.0 Å². The summed E-state index contributed by atoms with van der Waals surface area (Å²) in [5.74, 6) is 6.62. The number of amides is 1. The number of carbonyl (C=O) groups excluding carboxylic acids is 1. The molecule has 2 aromatic rings. The summed E-state index contributed by atoms with van der Waals surface area (Å²) in [5.41, 5.74) is 2.85. The predicted octanol–water partition coefficient (Wildman–Crippen LogP) is 3.12. The molecule has 1 aliphatic carbocycles. The lowest BCUT2D eigenvalue weighted by Gasteiger charge is -2.13. The Balaban J connectivity index is 1.54. The zero-order valence-electron chi connectivity index (χ0n) is 16.0. The Kier molecular flexibility index (Phi) is 6.08. The van der Waals surface area contributed by atoms with E-state index in [1.807, 2.05) is 32.9 Å². The molecule has 1 aromatic carbocycles. The third-order valence-corrected chi connectivity index (χ3v) is 4.15. The minimum atomic E-state index is 0.0465. The molecule has 140 valence electrons. The van der Waals surface area contributed by atoms with Gasteiger partial charge in [-0.3, -0.25) is 4.79 Å². The molecule has 27 heavy (non-hydrogen) atoms. The summed E-state index contributed by atoms with van der Waals surface area (Å²) >= 11 is 0. The fourth-order valence-corrected chi connectivity index (χ4v) is 2.63. The standard InChI is InChI=1S/C22H25N3O2/c1-15(2)27-22-23-13-19(14-24-22)9-6-17-4-7-18(8-5-17)12-16(3)25-21(26)20-10-11-20/h4-5,7-8,13-16,20H,10-12H2,1-3H3,(H,25,26). The molecule has 1 heterocycles. The lowest BCUT2D eigenvalue weighted by atomic mass is 10.0. The van der Waals surface area contributed by atoms with Crippen molar-refractivity contribution in [2.24, 2.45) is 5.92 Å². The second-order valence-electron chi connectivity index (χ2n) is 7.26. The van der Waals surface area contributed by atoms with Gasteiger partial charge in [-0.25, -0.2) is 9.97 Å². The summed E-state index contributed by atoms with van der Waals surface area (Å²) in [6, 6.07) is 8.60. The molecule has 1 atom stereocenters. The number of aromatic nitrogens is 2. The van der Waals surface area contributed by atoms with E-state index in [1.165, 1.54) is 5.56 Å². The van der Waals surface area contributed by atoms with Crippen molar-refractivity contribution >= 4 is 5.91 Å². The molecule has 1 aliphatic rings. The molecule has 3 rings (SSSR count). The summed E-state index contributed by atoms with van der Waals surface area (Å²) in [6.45, 7) is 5.91. The number of rotatable bonds is 6. The Labute approximate surface area is 160 Å². The Morgan fingerprint density at radius 1 is 1.11 bits per heavy atom. The van der Waals surface area contributed by atoms with Crippen LogP contribution in [0.5, 0.6) is 6.01 Å². The van der Waals surface area contributed by atoms with Crippen LogP contribution < -0.4 is 10.1 Å². The fraction of sp³-hybridized carbons (Fsp3) is 0.409. The molecule has 1 unspecified atom stereocenters. The molecule has 0 aliphatic heterocycles. The first kappa shape index (κ1) is 18.9. The normalized spacial score (nSPS) is 14.2. The first-order valence-corrected chi connectivity index (χ1v) is 9.39. The van der Waals surface area contributed by atoms with Crippen LogP contribution in [0.25, 0.3) is 0 Å². The number of hydrogen-bond donors (Lipinski definition) is 1. The van der Waals surface area contributed by atoms with Crippen LogP contribution >= 0.6 is 0 Å². The van der Waals surface area contributed by atoms with Gasteiger partial charge in [0.15, 0.2) is 0 Å². The van der Waals surface area contributed by atoms with E-state index in [9.17, 15) is 4.79 Å². The third kappa shape index (κ3) is 6.10. The van der Waals surface area contributed by atoms with Crippen molar-refractivity contribution in [3.63, 3.8) is 0 Å². The van der Waals surface area contributed by atoms with Crippen LogP contribution in [-0.4, -0.2) is 28.0 Å². The van der Waals surface area contributed by atoms with Crippen LogP contribution in [0.4, 0.5) is 0 Å². The lowest BCUT2D eigenvalue weighted by Crippen LogP contribution is -2.35. The average Bonchev–Trinajstić information content (AvgIpc) is 3.47. The second-order valence-corrected chi connectivity index (χ2v) is 7.26. The van der Waals surface area contributed by atoms with E-state index >= 15 is 0 Å². The lowest BCUT2D eigenvalue weighted by molar-refractivity contribution is -0.122. The van der Waals surface area contributed by atoms with E-state index in [-0.39, 0.29) is 24.0 Å². The molecule has 1 fully saturated rings. The molecular weight excluding hydrogens is 338 g/mol. The maximum atomic E-state index is 11.8. The summed E-state index contributed by atoms with van der Waals surface area (Å²) in [4.78, 5) is 20.1. The first-order chi connectivity index (χ1) is 13.0. The van der Waals surface area contributed by atoms with Crippen LogP contribution in [0.15, 0.2) is 36.7 Å². The van der Waals surface area contributed by atoms with Gasteiger partial charge in [0.2, 0.25) is 5.91 Å². The van der Waals surface area contributed by atoms with Crippen molar-refractivity contribution < 1.29 is 9.53 Å². The number of hydrogen-bond acceptors (Lipinski definition) is 4. The van der Waals surface area contributed by atoms with Crippen molar-refractivity contribution in [1.82, 2.24) is 15.3 Å². The highest BCUT2D eigenvalue weighted by Crippen LogP contribution is 2.28. The number of ether oxygens (including phenoxy) is 1. The number of nitrogens with one attached hydrogen (secondary N) is 1.